The summed E-state index contributed by atoms with van der Waals surface area (Å²) in [6.45, 7) is 2.52. The molecule has 0 radical (unpaired) electrons. The molecule has 12 heavy (non-hydrogen) atoms. The zero-order valence-electron chi connectivity index (χ0n) is 6.98. The number of carbonyl (C=O) groups excluding carboxylic acids is 1. The van der Waals surface area contributed by atoms with Crippen LogP contribution in [-0.4, -0.2) is 16.9 Å². The molecule has 0 aromatic carbocycles. The van der Waals surface area contributed by atoms with Crippen molar-refractivity contribution in [2.75, 3.05) is 6.61 Å². The van der Waals surface area contributed by atoms with Gasteiger partial charge in [-0.1, -0.05) is 13.3 Å². The van der Waals surface area contributed by atoms with Gasteiger partial charge in [-0.05, 0) is 12.8 Å². The Morgan fingerprint density at radius 1 is 1.67 bits per heavy atom. The molecule has 1 atom stereocenters. The Kier molecular flexibility index (Phi) is 3.24. The van der Waals surface area contributed by atoms with E-state index in [1.165, 1.54) is 0 Å². The van der Waals surface area contributed by atoms with E-state index in [0.717, 1.165) is 12.8 Å². The standard InChI is InChI=1S/C8H12Cl2O2/c1-2-3-4-12-7(11)6-5-8(6,9)10/h6H,2-5H2,1H3/t6-/m0/s1. The van der Waals surface area contributed by atoms with Gasteiger partial charge in [-0.15, -0.1) is 23.2 Å². The van der Waals surface area contributed by atoms with Crippen LogP contribution in [0.4, 0.5) is 0 Å². The summed E-state index contributed by atoms with van der Waals surface area (Å²) in [5.74, 6) is -0.550. The molecule has 0 N–H and O–H groups in total. The molecule has 1 aliphatic carbocycles. The Hall–Kier alpha value is 0.0500. The van der Waals surface area contributed by atoms with E-state index in [2.05, 4.69) is 0 Å². The third kappa shape index (κ3) is 2.53. The molecule has 0 aliphatic heterocycles. The summed E-state index contributed by atoms with van der Waals surface area (Å²) in [7, 11) is 0. The predicted molar refractivity (Wildman–Crippen MR) is 48.4 cm³/mol. The van der Waals surface area contributed by atoms with Crippen molar-refractivity contribution in [2.45, 2.75) is 30.5 Å². The molecule has 0 aromatic rings. The summed E-state index contributed by atoms with van der Waals surface area (Å²) in [5, 5.41) is 0. The molecule has 1 fully saturated rings. The molecular formula is C8H12Cl2O2. The normalized spacial score (nSPS) is 25.1. The molecule has 0 heterocycles. The van der Waals surface area contributed by atoms with Crippen molar-refractivity contribution >= 4 is 29.2 Å². The Morgan fingerprint density at radius 3 is 2.67 bits per heavy atom. The molecule has 1 rings (SSSR count). The molecule has 0 aromatic heterocycles. The van der Waals surface area contributed by atoms with Gasteiger partial charge in [-0.2, -0.15) is 0 Å². The number of carbonyl (C=O) groups is 1. The number of unbranched alkanes of at least 4 members (excludes halogenated alkanes) is 1. The van der Waals surface area contributed by atoms with Crippen LogP contribution in [0.2, 0.25) is 0 Å². The van der Waals surface area contributed by atoms with Gasteiger partial charge in [0.25, 0.3) is 0 Å². The molecule has 0 unspecified atom stereocenters. The van der Waals surface area contributed by atoms with Gasteiger partial charge in [-0.3, -0.25) is 4.79 Å². The Bertz CT molecular complexity index is 180. The second-order valence-corrected chi connectivity index (χ2v) is 4.58. The highest BCUT2D eigenvalue weighted by molar-refractivity contribution is 6.52. The molecule has 2 nitrogen and oxygen atoms in total. The van der Waals surface area contributed by atoms with Crippen molar-refractivity contribution in [1.29, 1.82) is 0 Å². The van der Waals surface area contributed by atoms with E-state index in [9.17, 15) is 4.79 Å². The highest BCUT2D eigenvalue weighted by atomic mass is 35.5. The number of halogens is 2. The summed E-state index contributed by atoms with van der Waals surface area (Å²) >= 11 is 11.4. The van der Waals surface area contributed by atoms with Gasteiger partial charge in [-0.25, -0.2) is 0 Å². The first-order valence-electron chi connectivity index (χ1n) is 4.12. The van der Waals surface area contributed by atoms with Crippen LogP contribution < -0.4 is 0 Å². The number of rotatable bonds is 4. The maximum Gasteiger partial charge on any atom is 0.312 e. The van der Waals surface area contributed by atoms with E-state index >= 15 is 0 Å². The first-order chi connectivity index (χ1) is 5.58. The van der Waals surface area contributed by atoms with Gasteiger partial charge in [0.15, 0.2) is 0 Å². The fraction of sp³-hybridized carbons (Fsp3) is 0.875. The minimum atomic E-state index is -0.844. The molecular weight excluding hydrogens is 199 g/mol. The summed E-state index contributed by atoms with van der Waals surface area (Å²) in [6, 6.07) is 0. The summed E-state index contributed by atoms with van der Waals surface area (Å²) in [6.07, 6.45) is 2.45. The predicted octanol–water partition coefficient (Wildman–Crippen LogP) is 2.52. The minimum Gasteiger partial charge on any atom is -0.465 e. The molecule has 0 amide bonds. The van der Waals surface area contributed by atoms with E-state index in [4.69, 9.17) is 27.9 Å². The smallest absolute Gasteiger partial charge is 0.312 e. The molecule has 1 saturated carbocycles. The average molecular weight is 211 g/mol. The largest absolute Gasteiger partial charge is 0.465 e. The van der Waals surface area contributed by atoms with Crippen LogP contribution in [-0.2, 0) is 9.53 Å². The number of alkyl halides is 2. The zero-order valence-corrected chi connectivity index (χ0v) is 8.49. The van der Waals surface area contributed by atoms with Crippen LogP contribution in [0.5, 0.6) is 0 Å². The van der Waals surface area contributed by atoms with Crippen LogP contribution in [0, 0.1) is 5.92 Å². The van der Waals surface area contributed by atoms with Crippen LogP contribution in [0.3, 0.4) is 0 Å². The maximum atomic E-state index is 11.1. The molecule has 0 spiro atoms. The van der Waals surface area contributed by atoms with E-state index < -0.39 is 4.33 Å². The fourth-order valence-electron chi connectivity index (χ4n) is 0.887. The number of hydrogen-bond donors (Lipinski definition) is 0. The lowest BCUT2D eigenvalue weighted by atomic mass is 10.3. The topological polar surface area (TPSA) is 26.3 Å². The Labute approximate surface area is 82.2 Å². The Morgan fingerprint density at radius 2 is 2.25 bits per heavy atom. The number of esters is 1. The monoisotopic (exact) mass is 210 g/mol. The zero-order chi connectivity index (χ0) is 9.19. The fourth-order valence-corrected chi connectivity index (χ4v) is 1.37. The van der Waals surface area contributed by atoms with Crippen molar-refractivity contribution in [3.05, 3.63) is 0 Å². The highest BCUT2D eigenvalue weighted by Crippen LogP contribution is 2.53. The van der Waals surface area contributed by atoms with Crippen LogP contribution in [0.1, 0.15) is 26.2 Å². The van der Waals surface area contributed by atoms with Gasteiger partial charge in [0, 0.05) is 0 Å². The summed E-state index contributed by atoms with van der Waals surface area (Å²) in [5.41, 5.74) is 0. The van der Waals surface area contributed by atoms with Crippen molar-refractivity contribution in [3.8, 4) is 0 Å². The summed E-state index contributed by atoms with van der Waals surface area (Å²) in [4.78, 5) is 11.1. The van der Waals surface area contributed by atoms with Gasteiger partial charge in [0.05, 0.1) is 12.5 Å². The summed E-state index contributed by atoms with van der Waals surface area (Å²) < 4.78 is 4.09. The van der Waals surface area contributed by atoms with Gasteiger partial charge in [0.2, 0.25) is 0 Å². The lowest BCUT2D eigenvalue weighted by Gasteiger charge is -2.02. The van der Waals surface area contributed by atoms with Gasteiger partial charge in [0.1, 0.15) is 4.33 Å². The van der Waals surface area contributed by atoms with E-state index in [-0.39, 0.29) is 11.9 Å². The molecule has 1 aliphatic rings. The van der Waals surface area contributed by atoms with Crippen LogP contribution in [0.15, 0.2) is 0 Å². The van der Waals surface area contributed by atoms with Crippen molar-refractivity contribution in [3.63, 3.8) is 0 Å². The molecule has 0 saturated heterocycles. The van der Waals surface area contributed by atoms with Crippen LogP contribution >= 0.6 is 23.2 Å². The molecule has 4 heteroatoms. The maximum absolute atomic E-state index is 11.1. The second kappa shape index (κ2) is 3.84. The number of ether oxygens (including phenoxy) is 1. The van der Waals surface area contributed by atoms with Crippen molar-refractivity contribution in [2.24, 2.45) is 5.92 Å². The highest BCUT2D eigenvalue weighted by Gasteiger charge is 2.57. The van der Waals surface area contributed by atoms with Crippen LogP contribution in [0.25, 0.3) is 0 Å². The first-order valence-corrected chi connectivity index (χ1v) is 4.88. The lowest BCUT2D eigenvalue weighted by molar-refractivity contribution is -0.145. The van der Waals surface area contributed by atoms with Gasteiger partial charge >= 0.3 is 5.97 Å². The van der Waals surface area contributed by atoms with E-state index in [1.807, 2.05) is 6.92 Å². The van der Waals surface area contributed by atoms with Crippen molar-refractivity contribution < 1.29 is 9.53 Å². The minimum absolute atomic E-state index is 0.256. The third-order valence-corrected chi connectivity index (χ3v) is 2.69. The van der Waals surface area contributed by atoms with Crippen molar-refractivity contribution in [1.82, 2.24) is 0 Å². The van der Waals surface area contributed by atoms with E-state index in [0.29, 0.717) is 13.0 Å². The third-order valence-electron chi connectivity index (χ3n) is 1.85. The SMILES string of the molecule is CCCCOC(=O)[C@@H]1CC1(Cl)Cl. The first kappa shape index (κ1) is 10.1. The Balaban J connectivity index is 2.14. The molecule has 0 bridgehead atoms. The second-order valence-electron chi connectivity index (χ2n) is 3.04. The number of hydrogen-bond acceptors (Lipinski definition) is 2. The lowest BCUT2D eigenvalue weighted by Crippen LogP contribution is -2.11. The van der Waals surface area contributed by atoms with Gasteiger partial charge < -0.3 is 4.74 Å². The molecule has 70 valence electrons. The average Bonchev–Trinajstić information content (AvgIpc) is 2.60. The van der Waals surface area contributed by atoms with E-state index in [1.54, 1.807) is 0 Å². The quantitative estimate of drug-likeness (QED) is 0.405.